The van der Waals surface area contributed by atoms with Crippen LogP contribution in [0.25, 0.3) is 0 Å². The number of guanidine groups is 1. The maximum absolute atomic E-state index is 13.4. The van der Waals surface area contributed by atoms with Gasteiger partial charge in [0.2, 0.25) is 22.2 Å². The molecule has 0 amide bonds. The van der Waals surface area contributed by atoms with E-state index < -0.39 is 34.2 Å². The fourth-order valence-electron chi connectivity index (χ4n) is 4.25. The average molecular weight is 534 g/mol. The Morgan fingerprint density at radius 2 is 1.97 bits per heavy atom. The summed E-state index contributed by atoms with van der Waals surface area (Å²) in [5, 5.41) is 35.8. The van der Waals surface area contributed by atoms with E-state index in [9.17, 15) is 23.4 Å². The average Bonchev–Trinajstić information content (AvgIpc) is 2.87. The molecule has 4 rings (SSSR count). The molecule has 0 saturated carbocycles. The van der Waals surface area contributed by atoms with Crippen LogP contribution in [0.3, 0.4) is 0 Å². The third-order valence-electron chi connectivity index (χ3n) is 6.02. The molecular formula is C23H24ClN5O6S. The second kappa shape index (κ2) is 10.7. The maximum atomic E-state index is 13.4. The number of rotatable bonds is 5. The zero-order valence-corrected chi connectivity index (χ0v) is 20.5. The Hall–Kier alpha value is -3.37. The number of anilines is 1. The Balaban J connectivity index is 1.66. The monoisotopic (exact) mass is 533 g/mol. The first kappa shape index (κ1) is 25.7. The second-order valence-electron chi connectivity index (χ2n) is 8.36. The molecule has 190 valence electrons. The molecule has 2 aliphatic heterocycles. The number of aliphatic carboxylic acids is 1. The quantitative estimate of drug-likeness (QED) is 0.256. The van der Waals surface area contributed by atoms with Crippen LogP contribution in [-0.2, 0) is 14.8 Å². The summed E-state index contributed by atoms with van der Waals surface area (Å²) in [6.07, 6.45) is 2.00. The van der Waals surface area contributed by atoms with E-state index in [-0.39, 0.29) is 30.4 Å². The Bertz CT molecular complexity index is 1310. The number of nitrogens with one attached hydrogen (secondary N) is 2. The third kappa shape index (κ3) is 5.39. The van der Waals surface area contributed by atoms with Crippen molar-refractivity contribution in [2.45, 2.75) is 42.3 Å². The summed E-state index contributed by atoms with van der Waals surface area (Å²) in [6, 6.07) is 8.79. The van der Waals surface area contributed by atoms with Gasteiger partial charge >= 0.3 is 5.97 Å². The van der Waals surface area contributed by atoms with Crippen LogP contribution < -0.4 is 15.4 Å². The van der Waals surface area contributed by atoms with Gasteiger partial charge in [0.05, 0.1) is 10.9 Å². The highest BCUT2D eigenvalue weighted by Crippen LogP contribution is 2.36. The molecule has 3 unspecified atom stereocenters. The van der Waals surface area contributed by atoms with Gasteiger partial charge in [0, 0.05) is 22.8 Å². The normalized spacial score (nSPS) is 22.6. The zero-order valence-electron chi connectivity index (χ0n) is 19.0. The number of nitrogens with zero attached hydrogens (tertiary/aromatic N) is 3. The van der Waals surface area contributed by atoms with Crippen LogP contribution in [0, 0.1) is 11.5 Å². The summed E-state index contributed by atoms with van der Waals surface area (Å²) >= 11 is 5.92. The van der Waals surface area contributed by atoms with Gasteiger partial charge in [0.15, 0.2) is 0 Å². The van der Waals surface area contributed by atoms with E-state index in [0.29, 0.717) is 34.9 Å². The summed E-state index contributed by atoms with van der Waals surface area (Å²) in [6.45, 7) is 0.0198. The Labute approximate surface area is 213 Å². The Morgan fingerprint density at radius 3 is 2.67 bits per heavy atom. The fourth-order valence-corrected chi connectivity index (χ4v) is 6.07. The van der Waals surface area contributed by atoms with Gasteiger partial charge in [-0.1, -0.05) is 11.6 Å². The van der Waals surface area contributed by atoms with Crippen LogP contribution in [0.15, 0.2) is 52.4 Å². The molecule has 2 aliphatic rings. The number of carboxylic acid groups (broad SMARTS) is 1. The van der Waals surface area contributed by atoms with Gasteiger partial charge in [0.25, 0.3) is 0 Å². The van der Waals surface area contributed by atoms with Crippen molar-refractivity contribution in [2.75, 3.05) is 18.5 Å². The Morgan fingerprint density at radius 1 is 1.22 bits per heavy atom. The SMILES string of the molecule is N#CN=C(Nc1ccc(Cl)cc1)NC1c2cc(S(=O)(=O)N3CCCCC3C(=O)O)ccc2OCC1O. The number of piperidine rings is 1. The first-order valence-electron chi connectivity index (χ1n) is 11.2. The number of aliphatic hydroxyl groups is 1. The van der Waals surface area contributed by atoms with E-state index in [1.807, 2.05) is 0 Å². The van der Waals surface area contributed by atoms with E-state index in [1.54, 1.807) is 30.5 Å². The predicted octanol–water partition coefficient (Wildman–Crippen LogP) is 2.30. The van der Waals surface area contributed by atoms with Crippen molar-refractivity contribution in [3.8, 4) is 11.9 Å². The minimum absolute atomic E-state index is 0.0203. The van der Waals surface area contributed by atoms with Gasteiger partial charge in [-0.05, 0) is 61.7 Å². The number of aliphatic hydroxyl groups excluding tert-OH is 1. The van der Waals surface area contributed by atoms with Crippen molar-refractivity contribution in [3.05, 3.63) is 53.1 Å². The number of halogens is 1. The molecule has 4 N–H and O–H groups in total. The fraction of sp³-hybridized carbons (Fsp3) is 0.348. The van der Waals surface area contributed by atoms with Crippen molar-refractivity contribution < 1.29 is 28.2 Å². The van der Waals surface area contributed by atoms with Crippen LogP contribution in [0.2, 0.25) is 5.02 Å². The molecule has 0 aliphatic carbocycles. The van der Waals surface area contributed by atoms with Crippen LogP contribution >= 0.6 is 11.6 Å². The molecule has 13 heteroatoms. The molecule has 3 atom stereocenters. The minimum Gasteiger partial charge on any atom is -0.490 e. The lowest BCUT2D eigenvalue weighted by atomic mass is 9.98. The number of benzene rings is 2. The molecule has 0 aromatic heterocycles. The number of sulfonamides is 1. The smallest absolute Gasteiger partial charge is 0.322 e. The first-order valence-corrected chi connectivity index (χ1v) is 13.0. The van der Waals surface area contributed by atoms with Crippen molar-refractivity contribution in [3.63, 3.8) is 0 Å². The molecule has 2 aromatic carbocycles. The zero-order chi connectivity index (χ0) is 25.9. The molecule has 1 fully saturated rings. The highest BCUT2D eigenvalue weighted by molar-refractivity contribution is 7.89. The highest BCUT2D eigenvalue weighted by atomic mass is 35.5. The number of hydrogen-bond acceptors (Lipinski definition) is 7. The summed E-state index contributed by atoms with van der Waals surface area (Å²) < 4.78 is 33.4. The summed E-state index contributed by atoms with van der Waals surface area (Å²) in [4.78, 5) is 15.3. The molecule has 0 radical (unpaired) electrons. The third-order valence-corrected chi connectivity index (χ3v) is 8.17. The number of hydrogen-bond donors (Lipinski definition) is 4. The molecule has 11 nitrogen and oxygen atoms in total. The van der Waals surface area contributed by atoms with Crippen molar-refractivity contribution in [1.29, 1.82) is 5.26 Å². The molecule has 36 heavy (non-hydrogen) atoms. The maximum Gasteiger partial charge on any atom is 0.322 e. The molecule has 0 bridgehead atoms. The molecule has 1 saturated heterocycles. The number of fused-ring (bicyclic) bond motifs is 1. The molecular weight excluding hydrogens is 510 g/mol. The molecule has 2 aromatic rings. The lowest BCUT2D eigenvalue weighted by molar-refractivity contribution is -0.142. The first-order chi connectivity index (χ1) is 17.2. The lowest BCUT2D eigenvalue weighted by Crippen LogP contribution is -2.48. The van der Waals surface area contributed by atoms with E-state index in [4.69, 9.17) is 21.6 Å². The number of aliphatic imine (C=N–C) groups is 1. The van der Waals surface area contributed by atoms with Crippen LogP contribution in [0.5, 0.6) is 5.75 Å². The molecule has 0 spiro atoms. The summed E-state index contributed by atoms with van der Waals surface area (Å²) in [7, 11) is -4.15. The van der Waals surface area contributed by atoms with E-state index in [2.05, 4.69) is 15.6 Å². The van der Waals surface area contributed by atoms with E-state index in [0.717, 1.165) is 4.31 Å². The molecule has 2 heterocycles. The van der Waals surface area contributed by atoms with Gasteiger partial charge in [-0.15, -0.1) is 4.99 Å². The van der Waals surface area contributed by atoms with Crippen molar-refractivity contribution >= 4 is 39.2 Å². The number of carbonyl (C=O) groups is 1. The van der Waals surface area contributed by atoms with Crippen molar-refractivity contribution in [2.24, 2.45) is 4.99 Å². The minimum atomic E-state index is -4.15. The van der Waals surface area contributed by atoms with Gasteiger partial charge < -0.3 is 25.6 Å². The standard InChI is InChI=1S/C23H24ClN5O6S/c24-14-4-6-15(7-5-14)27-23(26-13-25)28-21-17-11-16(8-9-20(17)35-12-19(21)30)36(33,34)29-10-2-1-3-18(29)22(31)32/h4-9,11,18-19,21,30H,1-3,10,12H2,(H,31,32)(H2,26,27,28). The van der Waals surface area contributed by atoms with Crippen LogP contribution in [0.4, 0.5) is 5.69 Å². The van der Waals surface area contributed by atoms with Gasteiger partial charge in [-0.2, -0.15) is 9.57 Å². The van der Waals surface area contributed by atoms with E-state index >= 15 is 0 Å². The van der Waals surface area contributed by atoms with E-state index in [1.165, 1.54) is 18.2 Å². The summed E-state index contributed by atoms with van der Waals surface area (Å²) in [5.41, 5.74) is 0.895. The number of carboxylic acids is 1. The van der Waals surface area contributed by atoms with Crippen LogP contribution in [-0.4, -0.2) is 60.2 Å². The number of ether oxygens (including phenoxy) is 1. The second-order valence-corrected chi connectivity index (χ2v) is 10.7. The summed E-state index contributed by atoms with van der Waals surface area (Å²) in [5.74, 6) is -0.833. The predicted molar refractivity (Wildman–Crippen MR) is 131 cm³/mol. The van der Waals surface area contributed by atoms with Crippen molar-refractivity contribution in [1.82, 2.24) is 9.62 Å². The van der Waals surface area contributed by atoms with Crippen LogP contribution in [0.1, 0.15) is 30.9 Å². The number of nitriles is 1. The largest absolute Gasteiger partial charge is 0.490 e. The van der Waals surface area contributed by atoms with Gasteiger partial charge in [0.1, 0.15) is 24.5 Å². The topological polar surface area (TPSA) is 164 Å². The van der Waals surface area contributed by atoms with Gasteiger partial charge in [-0.3, -0.25) is 4.79 Å². The lowest BCUT2D eigenvalue weighted by Gasteiger charge is -2.34. The van der Waals surface area contributed by atoms with Gasteiger partial charge in [-0.25, -0.2) is 8.42 Å². The Kier molecular flexibility index (Phi) is 7.65. The highest BCUT2D eigenvalue weighted by Gasteiger charge is 2.39.